The van der Waals surface area contributed by atoms with Crippen LogP contribution in [0.5, 0.6) is 11.5 Å². The van der Waals surface area contributed by atoms with Gasteiger partial charge in [-0.3, -0.25) is 4.79 Å². The summed E-state index contributed by atoms with van der Waals surface area (Å²) >= 11 is 0. The summed E-state index contributed by atoms with van der Waals surface area (Å²) < 4.78 is 44.1. The van der Waals surface area contributed by atoms with Crippen LogP contribution in [0.1, 0.15) is 44.2 Å². The van der Waals surface area contributed by atoms with E-state index >= 15 is 0 Å². The predicted octanol–water partition coefficient (Wildman–Crippen LogP) is 4.97. The minimum absolute atomic E-state index is 0.0597. The SMILES string of the molecule is COc1ccc(OC)c([C@H]2CC(=O)N(Cc3ccc(F)cc3F)C(C)=C2C(=O)OCC(C)C)c1. The number of rotatable bonds is 8. The zero-order valence-electron chi connectivity index (χ0n) is 20.0. The van der Waals surface area contributed by atoms with Gasteiger partial charge in [0.25, 0.3) is 0 Å². The number of ether oxygens (including phenoxy) is 3. The van der Waals surface area contributed by atoms with Crippen molar-refractivity contribution in [2.75, 3.05) is 20.8 Å². The predicted molar refractivity (Wildman–Crippen MR) is 122 cm³/mol. The van der Waals surface area contributed by atoms with Crippen LogP contribution in [0, 0.1) is 17.6 Å². The van der Waals surface area contributed by atoms with Crippen LogP contribution < -0.4 is 9.47 Å². The summed E-state index contributed by atoms with van der Waals surface area (Å²) in [6.07, 6.45) is -0.0597. The Morgan fingerprint density at radius 3 is 2.47 bits per heavy atom. The van der Waals surface area contributed by atoms with Crippen molar-refractivity contribution in [3.05, 3.63) is 70.4 Å². The summed E-state index contributed by atoms with van der Waals surface area (Å²) in [6.45, 7) is 5.54. The van der Waals surface area contributed by atoms with Gasteiger partial charge in [0, 0.05) is 35.2 Å². The lowest BCUT2D eigenvalue weighted by atomic mass is 9.83. The fourth-order valence-corrected chi connectivity index (χ4v) is 3.99. The van der Waals surface area contributed by atoms with Crippen LogP contribution in [0.2, 0.25) is 0 Å². The Morgan fingerprint density at radius 1 is 1.12 bits per heavy atom. The Kier molecular flexibility index (Phi) is 7.91. The molecule has 0 aliphatic carbocycles. The summed E-state index contributed by atoms with van der Waals surface area (Å²) in [4.78, 5) is 27.8. The summed E-state index contributed by atoms with van der Waals surface area (Å²) in [5.74, 6) is -1.82. The number of esters is 1. The normalized spacial score (nSPS) is 16.2. The van der Waals surface area contributed by atoms with Gasteiger partial charge in [0.05, 0.1) is 32.9 Å². The van der Waals surface area contributed by atoms with Crippen molar-refractivity contribution in [2.24, 2.45) is 5.92 Å². The average Bonchev–Trinajstić information content (AvgIpc) is 2.80. The molecule has 8 heteroatoms. The van der Waals surface area contributed by atoms with Crippen molar-refractivity contribution in [2.45, 2.75) is 39.7 Å². The third kappa shape index (κ3) is 5.38. The Morgan fingerprint density at radius 2 is 1.85 bits per heavy atom. The van der Waals surface area contributed by atoms with Gasteiger partial charge in [0.1, 0.15) is 23.1 Å². The van der Waals surface area contributed by atoms with Crippen molar-refractivity contribution in [3.8, 4) is 11.5 Å². The largest absolute Gasteiger partial charge is 0.497 e. The van der Waals surface area contributed by atoms with Crippen LogP contribution >= 0.6 is 0 Å². The minimum atomic E-state index is -0.763. The molecule has 0 bridgehead atoms. The Balaban J connectivity index is 2.10. The maximum absolute atomic E-state index is 14.3. The molecule has 1 aliphatic rings. The van der Waals surface area contributed by atoms with E-state index in [4.69, 9.17) is 14.2 Å². The van der Waals surface area contributed by atoms with E-state index in [1.54, 1.807) is 25.1 Å². The first-order valence-electron chi connectivity index (χ1n) is 11.0. The smallest absolute Gasteiger partial charge is 0.336 e. The molecule has 1 heterocycles. The number of amides is 1. The number of hydrogen-bond donors (Lipinski definition) is 0. The fraction of sp³-hybridized carbons (Fsp3) is 0.385. The van der Waals surface area contributed by atoms with E-state index in [1.165, 1.54) is 25.2 Å². The van der Waals surface area contributed by atoms with Gasteiger partial charge in [-0.25, -0.2) is 13.6 Å². The lowest BCUT2D eigenvalue weighted by Crippen LogP contribution is -2.38. The monoisotopic (exact) mass is 473 g/mol. The van der Waals surface area contributed by atoms with Gasteiger partial charge in [0.2, 0.25) is 5.91 Å². The van der Waals surface area contributed by atoms with E-state index in [0.717, 1.165) is 12.1 Å². The van der Waals surface area contributed by atoms with Crippen LogP contribution in [-0.4, -0.2) is 37.6 Å². The molecular formula is C26H29F2NO5. The second-order valence-electron chi connectivity index (χ2n) is 8.57. The molecule has 0 radical (unpaired) electrons. The minimum Gasteiger partial charge on any atom is -0.497 e. The first kappa shape index (κ1) is 25.2. The van der Waals surface area contributed by atoms with E-state index in [0.29, 0.717) is 22.8 Å². The molecule has 0 aromatic heterocycles. The number of halogens is 2. The van der Waals surface area contributed by atoms with E-state index in [1.807, 2.05) is 13.8 Å². The van der Waals surface area contributed by atoms with E-state index in [-0.39, 0.29) is 42.5 Å². The summed E-state index contributed by atoms with van der Waals surface area (Å²) in [7, 11) is 3.03. The average molecular weight is 474 g/mol. The van der Waals surface area contributed by atoms with Crippen molar-refractivity contribution < 1.29 is 32.6 Å². The van der Waals surface area contributed by atoms with Crippen LogP contribution in [0.15, 0.2) is 47.7 Å². The van der Waals surface area contributed by atoms with Crippen LogP contribution in [-0.2, 0) is 20.9 Å². The van der Waals surface area contributed by atoms with Crippen LogP contribution in [0.4, 0.5) is 8.78 Å². The molecule has 1 atom stereocenters. The highest BCUT2D eigenvalue weighted by atomic mass is 19.1. The van der Waals surface area contributed by atoms with Gasteiger partial charge in [-0.05, 0) is 37.1 Å². The van der Waals surface area contributed by atoms with E-state index in [9.17, 15) is 18.4 Å². The highest BCUT2D eigenvalue weighted by molar-refractivity contribution is 5.96. The lowest BCUT2D eigenvalue weighted by molar-refractivity contribution is -0.141. The molecule has 6 nitrogen and oxygen atoms in total. The number of hydrogen-bond acceptors (Lipinski definition) is 5. The number of carbonyl (C=O) groups is 2. The number of carbonyl (C=O) groups excluding carboxylic acids is 2. The van der Waals surface area contributed by atoms with Crippen molar-refractivity contribution in [1.29, 1.82) is 0 Å². The summed E-state index contributed by atoms with van der Waals surface area (Å²) in [5.41, 5.74) is 1.39. The third-order valence-electron chi connectivity index (χ3n) is 5.75. The molecule has 34 heavy (non-hydrogen) atoms. The highest BCUT2D eigenvalue weighted by Gasteiger charge is 2.38. The molecule has 0 unspecified atom stereocenters. The van der Waals surface area contributed by atoms with Gasteiger partial charge in [-0.2, -0.15) is 0 Å². The molecule has 0 spiro atoms. The van der Waals surface area contributed by atoms with Gasteiger partial charge in [-0.15, -0.1) is 0 Å². The van der Waals surface area contributed by atoms with Gasteiger partial charge < -0.3 is 19.1 Å². The van der Waals surface area contributed by atoms with Crippen LogP contribution in [0.3, 0.4) is 0 Å². The lowest BCUT2D eigenvalue weighted by Gasteiger charge is -2.35. The molecule has 3 rings (SSSR count). The highest BCUT2D eigenvalue weighted by Crippen LogP contribution is 2.42. The Labute approximate surface area is 198 Å². The molecule has 0 saturated carbocycles. The summed E-state index contributed by atoms with van der Waals surface area (Å²) in [6, 6.07) is 8.36. The Bertz CT molecular complexity index is 1110. The van der Waals surface area contributed by atoms with E-state index in [2.05, 4.69) is 0 Å². The molecule has 0 fully saturated rings. The summed E-state index contributed by atoms with van der Waals surface area (Å²) in [5, 5.41) is 0. The quantitative estimate of drug-likeness (QED) is 0.507. The number of allylic oxidation sites excluding steroid dienone is 1. The standard InChI is InChI=1S/C26H29F2NO5/c1-15(2)14-34-26(31)25-16(3)29(13-17-6-7-18(27)10-22(17)28)24(30)12-21(25)20-11-19(32-4)8-9-23(20)33-5/h6-11,15,21H,12-14H2,1-5H3/t21-/m1/s1. The Hall–Kier alpha value is -3.42. The zero-order valence-corrected chi connectivity index (χ0v) is 20.0. The van der Waals surface area contributed by atoms with E-state index < -0.39 is 23.5 Å². The maximum Gasteiger partial charge on any atom is 0.336 e. The molecule has 0 saturated heterocycles. The molecule has 1 amide bonds. The van der Waals surface area contributed by atoms with Gasteiger partial charge in [0.15, 0.2) is 0 Å². The molecule has 182 valence electrons. The zero-order chi connectivity index (χ0) is 25.0. The molecule has 0 N–H and O–H groups in total. The van der Waals surface area contributed by atoms with Crippen LogP contribution in [0.25, 0.3) is 0 Å². The van der Waals surface area contributed by atoms with Gasteiger partial charge >= 0.3 is 5.97 Å². The van der Waals surface area contributed by atoms with Crippen molar-refractivity contribution >= 4 is 11.9 Å². The fourth-order valence-electron chi connectivity index (χ4n) is 3.99. The molecular weight excluding hydrogens is 444 g/mol. The first-order chi connectivity index (χ1) is 16.2. The van der Waals surface area contributed by atoms with Crippen molar-refractivity contribution in [1.82, 2.24) is 4.90 Å². The maximum atomic E-state index is 14.3. The first-order valence-corrected chi connectivity index (χ1v) is 11.0. The third-order valence-corrected chi connectivity index (χ3v) is 5.75. The topological polar surface area (TPSA) is 65.1 Å². The molecule has 2 aromatic carbocycles. The second kappa shape index (κ2) is 10.7. The number of methoxy groups -OCH3 is 2. The van der Waals surface area contributed by atoms with Crippen molar-refractivity contribution in [3.63, 3.8) is 0 Å². The number of benzene rings is 2. The second-order valence-corrected chi connectivity index (χ2v) is 8.57. The molecule has 2 aromatic rings. The number of nitrogens with zero attached hydrogens (tertiary/aromatic N) is 1. The van der Waals surface area contributed by atoms with Gasteiger partial charge in [-0.1, -0.05) is 19.9 Å². The molecule has 1 aliphatic heterocycles.